The summed E-state index contributed by atoms with van der Waals surface area (Å²) in [6, 6.07) is 9.23. The highest BCUT2D eigenvalue weighted by Crippen LogP contribution is 2.78. The summed E-state index contributed by atoms with van der Waals surface area (Å²) in [7, 11) is 0. The average Bonchev–Trinajstić information content (AvgIpc) is 2.73. The summed E-state index contributed by atoms with van der Waals surface area (Å²) >= 11 is 0. The highest BCUT2D eigenvalue weighted by Gasteiger charge is 2.71. The Morgan fingerprint density at radius 1 is 0.629 bits per heavy atom. The summed E-state index contributed by atoms with van der Waals surface area (Å²) in [5.74, 6) is 1.51. The van der Waals surface area contributed by atoms with Gasteiger partial charge in [0.05, 0.1) is 0 Å². The molecular weight excluding hydrogens is 428 g/mol. The monoisotopic (exact) mass is 474 g/mol. The molecule has 2 aromatic carbocycles. The van der Waals surface area contributed by atoms with Crippen LogP contribution in [0.15, 0.2) is 24.3 Å². The molecule has 6 rings (SSSR count). The van der Waals surface area contributed by atoms with E-state index >= 15 is 0 Å². The second kappa shape index (κ2) is 7.30. The van der Waals surface area contributed by atoms with Gasteiger partial charge in [-0.2, -0.15) is 0 Å². The van der Waals surface area contributed by atoms with Crippen LogP contribution in [0.2, 0.25) is 0 Å². The molecule has 0 radical (unpaired) electrons. The number of aromatic hydroxyl groups is 2. The number of rotatable bonds is 3. The van der Waals surface area contributed by atoms with E-state index in [-0.39, 0.29) is 21.7 Å². The first-order chi connectivity index (χ1) is 16.1. The fourth-order valence-corrected chi connectivity index (χ4v) is 9.26. The first kappa shape index (κ1) is 24.7. The van der Waals surface area contributed by atoms with E-state index in [4.69, 9.17) is 0 Å². The SMILES string of the molecule is Cc1cc(C23CC4(c5cc(C)c(O)c(C)c5)CC(C(C)C)(C2)CC(C(C)(C)C)(C3)C4)cc(C)c1O. The van der Waals surface area contributed by atoms with Gasteiger partial charge in [-0.3, -0.25) is 0 Å². The van der Waals surface area contributed by atoms with E-state index in [2.05, 4.69) is 86.6 Å². The standard InChI is InChI=1S/C33H46O2/c1-20(2)30-14-31(25-10-21(3)27(34)22(4)11-25)16-32(15-30,19-33(17-30,18-31)29(7,8)9)26-12-23(5)28(35)24(6)13-26/h10-13,20,34-35H,14-19H2,1-9H3. The van der Waals surface area contributed by atoms with Crippen LogP contribution in [0.4, 0.5) is 0 Å². The van der Waals surface area contributed by atoms with Gasteiger partial charge >= 0.3 is 0 Å². The minimum Gasteiger partial charge on any atom is -0.507 e. The van der Waals surface area contributed by atoms with Gasteiger partial charge in [-0.25, -0.2) is 0 Å². The van der Waals surface area contributed by atoms with Crippen molar-refractivity contribution in [3.63, 3.8) is 0 Å². The molecule has 0 saturated heterocycles. The molecule has 4 aliphatic rings. The molecule has 2 unspecified atom stereocenters. The molecule has 2 atom stereocenters. The third kappa shape index (κ3) is 3.34. The van der Waals surface area contributed by atoms with Crippen molar-refractivity contribution in [1.82, 2.24) is 0 Å². The second-order valence-electron chi connectivity index (χ2n) is 14.6. The van der Waals surface area contributed by atoms with Gasteiger partial charge in [0, 0.05) is 0 Å². The molecule has 2 nitrogen and oxygen atoms in total. The Morgan fingerprint density at radius 2 is 1.00 bits per heavy atom. The molecule has 4 bridgehead atoms. The highest BCUT2D eigenvalue weighted by atomic mass is 16.3. The summed E-state index contributed by atoms with van der Waals surface area (Å²) in [4.78, 5) is 0. The van der Waals surface area contributed by atoms with Gasteiger partial charge < -0.3 is 10.2 Å². The number of phenolic OH excluding ortho intramolecular Hbond substituents is 2. The van der Waals surface area contributed by atoms with Crippen molar-refractivity contribution in [2.45, 2.75) is 112 Å². The zero-order chi connectivity index (χ0) is 25.8. The molecule has 2 aromatic rings. The number of hydrogen-bond donors (Lipinski definition) is 2. The summed E-state index contributed by atoms with van der Waals surface area (Å²) in [6.45, 7) is 20.6. The van der Waals surface area contributed by atoms with E-state index < -0.39 is 0 Å². The van der Waals surface area contributed by atoms with Crippen LogP contribution in [0.3, 0.4) is 0 Å². The average molecular weight is 475 g/mol. The molecule has 35 heavy (non-hydrogen) atoms. The Labute approximate surface area is 213 Å². The zero-order valence-corrected chi connectivity index (χ0v) is 23.5. The molecule has 0 spiro atoms. The largest absolute Gasteiger partial charge is 0.507 e. The molecule has 0 aliphatic heterocycles. The van der Waals surface area contributed by atoms with E-state index in [0.29, 0.717) is 22.8 Å². The van der Waals surface area contributed by atoms with Crippen molar-refractivity contribution >= 4 is 0 Å². The summed E-state index contributed by atoms with van der Waals surface area (Å²) in [6.07, 6.45) is 7.45. The zero-order valence-electron chi connectivity index (χ0n) is 23.5. The topological polar surface area (TPSA) is 40.5 Å². The van der Waals surface area contributed by atoms with Crippen LogP contribution in [-0.2, 0) is 10.8 Å². The summed E-state index contributed by atoms with van der Waals surface area (Å²) < 4.78 is 0. The third-order valence-corrected chi connectivity index (χ3v) is 11.1. The Morgan fingerprint density at radius 3 is 1.31 bits per heavy atom. The molecule has 2 N–H and O–H groups in total. The highest BCUT2D eigenvalue weighted by molar-refractivity contribution is 5.50. The van der Waals surface area contributed by atoms with Gasteiger partial charge in [0.15, 0.2) is 0 Å². The van der Waals surface area contributed by atoms with E-state index in [1.165, 1.54) is 49.7 Å². The lowest BCUT2D eigenvalue weighted by molar-refractivity contribution is -0.196. The molecule has 4 fully saturated rings. The van der Waals surface area contributed by atoms with Crippen LogP contribution in [-0.4, -0.2) is 10.2 Å². The van der Waals surface area contributed by atoms with Gasteiger partial charge in [-0.15, -0.1) is 0 Å². The van der Waals surface area contributed by atoms with Gasteiger partial charge in [0.1, 0.15) is 11.5 Å². The first-order valence-corrected chi connectivity index (χ1v) is 13.7. The van der Waals surface area contributed by atoms with Crippen molar-refractivity contribution in [1.29, 1.82) is 0 Å². The van der Waals surface area contributed by atoms with Gasteiger partial charge in [0.25, 0.3) is 0 Å². The van der Waals surface area contributed by atoms with Gasteiger partial charge in [-0.1, -0.05) is 58.9 Å². The number of aryl methyl sites for hydroxylation is 4. The number of phenols is 2. The quantitative estimate of drug-likeness (QED) is 0.468. The Bertz CT molecular complexity index is 1070. The molecule has 190 valence electrons. The Kier molecular flexibility index (Phi) is 5.15. The van der Waals surface area contributed by atoms with Crippen LogP contribution < -0.4 is 0 Å². The maximum absolute atomic E-state index is 10.6. The van der Waals surface area contributed by atoms with E-state index in [1.54, 1.807) is 0 Å². The molecule has 0 aromatic heterocycles. The number of hydrogen-bond acceptors (Lipinski definition) is 2. The van der Waals surface area contributed by atoms with Crippen molar-refractivity contribution < 1.29 is 10.2 Å². The maximum Gasteiger partial charge on any atom is 0.121 e. The summed E-state index contributed by atoms with van der Waals surface area (Å²) in [5.41, 5.74) is 7.87. The van der Waals surface area contributed by atoms with Crippen molar-refractivity contribution in [2.75, 3.05) is 0 Å². The normalized spacial score (nSPS) is 34.1. The van der Waals surface area contributed by atoms with E-state index in [9.17, 15) is 10.2 Å². The van der Waals surface area contributed by atoms with Crippen LogP contribution in [0, 0.1) is 49.9 Å². The lowest BCUT2D eigenvalue weighted by Crippen LogP contribution is -2.68. The fraction of sp³-hybridized carbons (Fsp3) is 0.636. The first-order valence-electron chi connectivity index (χ1n) is 13.7. The molecule has 0 amide bonds. The second-order valence-corrected chi connectivity index (χ2v) is 14.6. The smallest absolute Gasteiger partial charge is 0.121 e. The molecule has 2 heteroatoms. The summed E-state index contributed by atoms with van der Waals surface area (Å²) in [5, 5.41) is 21.2. The van der Waals surface area contributed by atoms with Crippen LogP contribution in [0.1, 0.15) is 107 Å². The van der Waals surface area contributed by atoms with E-state index in [0.717, 1.165) is 22.3 Å². The van der Waals surface area contributed by atoms with Crippen molar-refractivity contribution in [2.24, 2.45) is 22.2 Å². The van der Waals surface area contributed by atoms with Crippen molar-refractivity contribution in [3.8, 4) is 11.5 Å². The predicted octanol–water partition coefficient (Wildman–Crippen LogP) is 8.56. The maximum atomic E-state index is 10.6. The Balaban J connectivity index is 1.81. The van der Waals surface area contributed by atoms with Crippen LogP contribution in [0.5, 0.6) is 11.5 Å². The lowest BCUT2D eigenvalue weighted by Gasteiger charge is -2.75. The third-order valence-electron chi connectivity index (χ3n) is 11.1. The van der Waals surface area contributed by atoms with Gasteiger partial charge in [0.2, 0.25) is 0 Å². The molecule has 4 saturated carbocycles. The van der Waals surface area contributed by atoms with Crippen molar-refractivity contribution in [3.05, 3.63) is 57.6 Å². The number of benzene rings is 2. The fourth-order valence-electron chi connectivity index (χ4n) is 9.26. The predicted molar refractivity (Wildman–Crippen MR) is 145 cm³/mol. The minimum atomic E-state index is 0.106. The van der Waals surface area contributed by atoms with Gasteiger partial charge in [-0.05, 0) is 133 Å². The van der Waals surface area contributed by atoms with Crippen LogP contribution >= 0.6 is 0 Å². The van der Waals surface area contributed by atoms with E-state index in [1.807, 2.05) is 0 Å². The molecule has 0 heterocycles. The Hall–Kier alpha value is -1.96. The lowest BCUT2D eigenvalue weighted by atomic mass is 9.29. The molecule has 4 aliphatic carbocycles. The molecular formula is C33H46O2. The minimum absolute atomic E-state index is 0.106. The van der Waals surface area contributed by atoms with Crippen LogP contribution in [0.25, 0.3) is 0 Å².